The SMILES string of the molecule is C=CCCCCCCCCC(=O)OC(COCCOC(=O)CCCCCCC/C=C\CCCCCCCC)CC(O)CO. The van der Waals surface area contributed by atoms with E-state index in [9.17, 15) is 19.8 Å². The van der Waals surface area contributed by atoms with Gasteiger partial charge in [0.2, 0.25) is 0 Å². The summed E-state index contributed by atoms with van der Waals surface area (Å²) in [5.74, 6) is -0.544. The van der Waals surface area contributed by atoms with Gasteiger partial charge in [-0.05, 0) is 51.4 Å². The summed E-state index contributed by atoms with van der Waals surface area (Å²) < 4.78 is 16.3. The summed E-state index contributed by atoms with van der Waals surface area (Å²) in [4.78, 5) is 24.2. The lowest BCUT2D eigenvalue weighted by atomic mass is 10.1. The van der Waals surface area contributed by atoms with Crippen LogP contribution in [0.15, 0.2) is 24.8 Å². The van der Waals surface area contributed by atoms with Crippen molar-refractivity contribution in [3.63, 3.8) is 0 Å². The Balaban J connectivity index is 3.80. The Morgan fingerprint density at radius 3 is 1.77 bits per heavy atom. The number of aliphatic hydroxyl groups excluding tert-OH is 2. The highest BCUT2D eigenvalue weighted by Crippen LogP contribution is 2.13. The molecule has 2 unspecified atom stereocenters. The predicted molar refractivity (Wildman–Crippen MR) is 176 cm³/mol. The molecule has 0 amide bonds. The minimum absolute atomic E-state index is 0.0812. The van der Waals surface area contributed by atoms with E-state index < -0.39 is 18.8 Å². The lowest BCUT2D eigenvalue weighted by Crippen LogP contribution is -2.30. The van der Waals surface area contributed by atoms with E-state index in [4.69, 9.17) is 14.2 Å². The minimum Gasteiger partial charge on any atom is -0.463 e. The van der Waals surface area contributed by atoms with Crippen molar-refractivity contribution >= 4 is 11.9 Å². The second kappa shape index (κ2) is 33.2. The third-order valence-corrected chi connectivity index (χ3v) is 7.52. The molecule has 0 radical (unpaired) electrons. The number of ether oxygens (including phenoxy) is 3. The Hall–Kier alpha value is -1.70. The van der Waals surface area contributed by atoms with Crippen LogP contribution in [0.2, 0.25) is 0 Å². The quantitative estimate of drug-likeness (QED) is 0.0436. The molecule has 0 aliphatic carbocycles. The third kappa shape index (κ3) is 31.5. The van der Waals surface area contributed by atoms with Gasteiger partial charge in [-0.25, -0.2) is 0 Å². The van der Waals surface area contributed by atoms with E-state index in [-0.39, 0.29) is 38.2 Å². The van der Waals surface area contributed by atoms with Crippen LogP contribution in [-0.4, -0.2) is 60.8 Å². The Morgan fingerprint density at radius 2 is 1.21 bits per heavy atom. The number of hydrogen-bond acceptors (Lipinski definition) is 7. The molecular weight excluding hydrogens is 544 g/mol. The number of rotatable bonds is 33. The lowest BCUT2D eigenvalue weighted by molar-refractivity contribution is -0.155. The maximum Gasteiger partial charge on any atom is 0.306 e. The first kappa shape index (κ1) is 41.3. The highest BCUT2D eigenvalue weighted by Gasteiger charge is 2.19. The molecule has 0 aliphatic rings. The Morgan fingerprint density at radius 1 is 0.698 bits per heavy atom. The molecule has 0 rings (SSSR count). The molecule has 0 spiro atoms. The lowest BCUT2D eigenvalue weighted by Gasteiger charge is -2.20. The first-order chi connectivity index (χ1) is 21.0. The van der Waals surface area contributed by atoms with Gasteiger partial charge in [0.25, 0.3) is 0 Å². The van der Waals surface area contributed by atoms with Crippen molar-refractivity contribution in [3.8, 4) is 0 Å². The molecule has 0 saturated carbocycles. The van der Waals surface area contributed by atoms with Crippen LogP contribution in [0.4, 0.5) is 0 Å². The summed E-state index contributed by atoms with van der Waals surface area (Å²) in [5, 5.41) is 19.0. The molecular formula is C36H66O7. The molecule has 252 valence electrons. The summed E-state index contributed by atoms with van der Waals surface area (Å²) in [6.07, 6.45) is 29.0. The van der Waals surface area contributed by atoms with Crippen LogP contribution in [0, 0.1) is 0 Å². The average Bonchev–Trinajstić information content (AvgIpc) is 3.00. The highest BCUT2D eigenvalue weighted by atomic mass is 16.6. The van der Waals surface area contributed by atoms with E-state index in [0.29, 0.717) is 12.8 Å². The van der Waals surface area contributed by atoms with Crippen LogP contribution in [-0.2, 0) is 23.8 Å². The molecule has 0 aliphatic heterocycles. The highest BCUT2D eigenvalue weighted by molar-refractivity contribution is 5.69. The number of esters is 2. The van der Waals surface area contributed by atoms with Crippen molar-refractivity contribution in [2.45, 2.75) is 167 Å². The van der Waals surface area contributed by atoms with E-state index >= 15 is 0 Å². The molecule has 0 saturated heterocycles. The van der Waals surface area contributed by atoms with Crippen molar-refractivity contribution in [3.05, 3.63) is 24.8 Å². The van der Waals surface area contributed by atoms with Crippen molar-refractivity contribution in [1.29, 1.82) is 0 Å². The Kier molecular flexibility index (Phi) is 31.9. The summed E-state index contributed by atoms with van der Waals surface area (Å²) >= 11 is 0. The van der Waals surface area contributed by atoms with Gasteiger partial charge in [-0.15, -0.1) is 6.58 Å². The zero-order chi connectivity index (χ0) is 31.6. The average molecular weight is 611 g/mol. The van der Waals surface area contributed by atoms with Crippen LogP contribution in [0.1, 0.15) is 155 Å². The van der Waals surface area contributed by atoms with Gasteiger partial charge < -0.3 is 24.4 Å². The van der Waals surface area contributed by atoms with E-state index in [1.165, 1.54) is 64.2 Å². The van der Waals surface area contributed by atoms with Crippen molar-refractivity contribution < 1.29 is 34.0 Å². The first-order valence-corrected chi connectivity index (χ1v) is 17.5. The largest absolute Gasteiger partial charge is 0.463 e. The van der Waals surface area contributed by atoms with E-state index in [2.05, 4.69) is 25.7 Å². The normalized spacial score (nSPS) is 12.8. The van der Waals surface area contributed by atoms with Crippen LogP contribution in [0.5, 0.6) is 0 Å². The molecule has 0 heterocycles. The van der Waals surface area contributed by atoms with Gasteiger partial charge in [0.1, 0.15) is 12.7 Å². The molecule has 7 heteroatoms. The fourth-order valence-electron chi connectivity index (χ4n) is 4.88. The van der Waals surface area contributed by atoms with Gasteiger partial charge in [0.05, 0.1) is 25.9 Å². The second-order valence-corrected chi connectivity index (χ2v) is 11.8. The van der Waals surface area contributed by atoms with Gasteiger partial charge in [0.15, 0.2) is 0 Å². The van der Waals surface area contributed by atoms with E-state index in [1.807, 2.05) is 6.08 Å². The number of carbonyl (C=O) groups excluding carboxylic acids is 2. The maximum absolute atomic E-state index is 12.3. The molecule has 0 aromatic heterocycles. The number of carbonyl (C=O) groups is 2. The standard InChI is InChI=1S/C36H66O7/c1-3-5-7-9-11-13-14-15-16-17-18-19-21-22-24-26-35(39)42-29-28-41-32-34(30-33(38)31-37)43-36(40)27-25-23-20-12-10-8-6-4-2/h4,15-16,33-34,37-38H,2-3,5-14,17-32H2,1H3/b16-15-. The second-order valence-electron chi connectivity index (χ2n) is 11.8. The van der Waals surface area contributed by atoms with Gasteiger partial charge in [0, 0.05) is 19.3 Å². The fourth-order valence-corrected chi connectivity index (χ4v) is 4.88. The topological polar surface area (TPSA) is 102 Å². The smallest absolute Gasteiger partial charge is 0.306 e. The molecule has 7 nitrogen and oxygen atoms in total. The molecule has 0 bridgehead atoms. The van der Waals surface area contributed by atoms with Gasteiger partial charge in [-0.2, -0.15) is 0 Å². The van der Waals surface area contributed by atoms with Crippen molar-refractivity contribution in [2.75, 3.05) is 26.4 Å². The number of aliphatic hydroxyl groups is 2. The Bertz CT molecular complexity index is 664. The van der Waals surface area contributed by atoms with Crippen LogP contribution < -0.4 is 0 Å². The fraction of sp³-hybridized carbons (Fsp3) is 0.833. The van der Waals surface area contributed by atoms with Crippen LogP contribution in [0.3, 0.4) is 0 Å². The number of allylic oxidation sites excluding steroid dienone is 3. The zero-order valence-electron chi connectivity index (χ0n) is 27.6. The minimum atomic E-state index is -0.985. The third-order valence-electron chi connectivity index (χ3n) is 7.52. The summed E-state index contributed by atoms with van der Waals surface area (Å²) in [5.41, 5.74) is 0. The summed E-state index contributed by atoms with van der Waals surface area (Å²) in [6.45, 7) is 5.98. The van der Waals surface area contributed by atoms with Gasteiger partial charge >= 0.3 is 11.9 Å². The van der Waals surface area contributed by atoms with E-state index in [0.717, 1.165) is 64.2 Å². The zero-order valence-corrected chi connectivity index (χ0v) is 27.6. The van der Waals surface area contributed by atoms with Gasteiger partial charge in [-0.1, -0.05) is 102 Å². The molecule has 0 fully saturated rings. The molecule has 0 aromatic rings. The monoisotopic (exact) mass is 610 g/mol. The number of unbranched alkanes of at least 4 members (excludes halogenated alkanes) is 17. The molecule has 2 atom stereocenters. The van der Waals surface area contributed by atoms with Crippen molar-refractivity contribution in [1.82, 2.24) is 0 Å². The van der Waals surface area contributed by atoms with Crippen molar-refractivity contribution in [2.24, 2.45) is 0 Å². The predicted octanol–water partition coefficient (Wildman–Crippen LogP) is 8.55. The molecule has 0 aromatic carbocycles. The summed E-state index contributed by atoms with van der Waals surface area (Å²) in [6, 6.07) is 0. The van der Waals surface area contributed by atoms with Crippen LogP contribution in [0.25, 0.3) is 0 Å². The maximum atomic E-state index is 12.3. The van der Waals surface area contributed by atoms with E-state index in [1.54, 1.807) is 0 Å². The van der Waals surface area contributed by atoms with Crippen LogP contribution >= 0.6 is 0 Å². The number of hydrogen-bond donors (Lipinski definition) is 2. The Labute approximate surface area is 263 Å². The molecule has 43 heavy (non-hydrogen) atoms. The molecule has 2 N–H and O–H groups in total. The first-order valence-electron chi connectivity index (χ1n) is 17.5. The van der Waals surface area contributed by atoms with Gasteiger partial charge in [-0.3, -0.25) is 9.59 Å². The summed E-state index contributed by atoms with van der Waals surface area (Å²) in [7, 11) is 0.